The van der Waals surface area contributed by atoms with Gasteiger partial charge < -0.3 is 0 Å². The Morgan fingerprint density at radius 1 is 0.679 bits per heavy atom. The molecule has 0 aliphatic rings. The molecule has 0 aliphatic carbocycles. The van der Waals surface area contributed by atoms with Gasteiger partial charge in [-0.3, -0.25) is 0 Å². The molecule has 0 radical (unpaired) electrons. The molecule has 1 rings (SSSR count). The summed E-state index contributed by atoms with van der Waals surface area (Å²) in [6.45, 7) is 13.1. The van der Waals surface area contributed by atoms with E-state index < -0.39 is 0 Å². The molecular formula is C28H42. The summed E-state index contributed by atoms with van der Waals surface area (Å²) in [6.07, 6.45) is 12.6. The van der Waals surface area contributed by atoms with Crippen LogP contribution in [0, 0.1) is 35.5 Å². The van der Waals surface area contributed by atoms with Gasteiger partial charge in [0, 0.05) is 11.1 Å². The van der Waals surface area contributed by atoms with Crippen molar-refractivity contribution in [2.45, 2.75) is 106 Å². The Hall–Kier alpha value is -1.66. The molecule has 0 heteroatoms. The summed E-state index contributed by atoms with van der Waals surface area (Å²) in [6, 6.07) is 4.74. The summed E-state index contributed by atoms with van der Waals surface area (Å²) < 4.78 is 0. The first-order valence-electron chi connectivity index (χ1n) is 11.6. The summed E-state index contributed by atoms with van der Waals surface area (Å²) in [7, 11) is 0. The van der Waals surface area contributed by atoms with Crippen molar-refractivity contribution >= 4 is 0 Å². The lowest BCUT2D eigenvalue weighted by atomic mass is 9.85. The van der Waals surface area contributed by atoms with Crippen LogP contribution in [0.2, 0.25) is 0 Å². The van der Waals surface area contributed by atoms with Crippen LogP contribution in [-0.4, -0.2) is 0 Å². The van der Waals surface area contributed by atoms with Crippen molar-refractivity contribution in [3.8, 4) is 23.7 Å². The van der Waals surface area contributed by atoms with Gasteiger partial charge in [0.1, 0.15) is 0 Å². The second-order valence-electron chi connectivity index (χ2n) is 8.16. The highest BCUT2D eigenvalue weighted by Crippen LogP contribution is 2.27. The van der Waals surface area contributed by atoms with Crippen LogP contribution in [0.25, 0.3) is 0 Å². The predicted octanol–water partition coefficient (Wildman–Crippen LogP) is 7.95. The van der Waals surface area contributed by atoms with Gasteiger partial charge in [0.2, 0.25) is 0 Å². The van der Waals surface area contributed by atoms with Crippen LogP contribution in [0.5, 0.6) is 0 Å². The second kappa shape index (κ2) is 14.4. The SMILES string of the molecule is CC#Cc1cc(C[C@@H](CC)CCCC)c(C#CC)cc1C[C@@H](CC)CCCC. The maximum Gasteiger partial charge on any atom is 0.0280 e. The maximum absolute atomic E-state index is 3.41. The number of hydrogen-bond acceptors (Lipinski definition) is 0. The zero-order valence-electron chi connectivity index (χ0n) is 19.4. The lowest BCUT2D eigenvalue weighted by molar-refractivity contribution is 0.446. The number of rotatable bonds is 12. The minimum Gasteiger partial charge on any atom is -0.101 e. The smallest absolute Gasteiger partial charge is 0.0280 e. The number of hydrogen-bond donors (Lipinski definition) is 0. The highest BCUT2D eigenvalue weighted by molar-refractivity contribution is 5.52. The number of benzene rings is 1. The largest absolute Gasteiger partial charge is 0.101 e. The molecule has 0 aliphatic heterocycles. The molecule has 1 aromatic carbocycles. The average molecular weight is 379 g/mol. The van der Waals surface area contributed by atoms with Crippen LogP contribution in [0.15, 0.2) is 12.1 Å². The molecular weight excluding hydrogens is 336 g/mol. The van der Waals surface area contributed by atoms with E-state index in [-0.39, 0.29) is 0 Å². The first-order chi connectivity index (χ1) is 13.6. The lowest BCUT2D eigenvalue weighted by Gasteiger charge is -2.20. The summed E-state index contributed by atoms with van der Waals surface area (Å²) in [5.41, 5.74) is 5.28. The predicted molar refractivity (Wildman–Crippen MR) is 126 cm³/mol. The Morgan fingerprint density at radius 3 is 1.36 bits per heavy atom. The molecule has 0 unspecified atom stereocenters. The molecule has 0 fully saturated rings. The molecule has 2 atom stereocenters. The van der Waals surface area contributed by atoms with Crippen LogP contribution in [0.4, 0.5) is 0 Å². The third-order valence-corrected chi connectivity index (χ3v) is 5.95. The zero-order valence-corrected chi connectivity index (χ0v) is 19.4. The Labute approximate surface area is 175 Å². The van der Waals surface area contributed by atoms with Gasteiger partial charge in [-0.15, -0.1) is 11.8 Å². The quantitative estimate of drug-likeness (QED) is 0.324. The van der Waals surface area contributed by atoms with E-state index in [9.17, 15) is 0 Å². The molecule has 0 nitrogen and oxygen atoms in total. The van der Waals surface area contributed by atoms with E-state index in [1.54, 1.807) is 0 Å². The maximum atomic E-state index is 3.41. The Balaban J connectivity index is 3.24. The van der Waals surface area contributed by atoms with Crippen LogP contribution in [-0.2, 0) is 12.8 Å². The second-order valence-corrected chi connectivity index (χ2v) is 8.16. The first-order valence-corrected chi connectivity index (χ1v) is 11.6. The molecule has 0 saturated heterocycles. The van der Waals surface area contributed by atoms with Crippen molar-refractivity contribution in [1.82, 2.24) is 0 Å². The van der Waals surface area contributed by atoms with Gasteiger partial charge in [0.15, 0.2) is 0 Å². The van der Waals surface area contributed by atoms with E-state index in [2.05, 4.69) is 63.5 Å². The Morgan fingerprint density at radius 2 is 1.07 bits per heavy atom. The highest BCUT2D eigenvalue weighted by atomic mass is 14.2. The van der Waals surface area contributed by atoms with Gasteiger partial charge in [0.05, 0.1) is 0 Å². The van der Waals surface area contributed by atoms with Gasteiger partial charge >= 0.3 is 0 Å². The Bertz CT molecular complexity index is 625. The van der Waals surface area contributed by atoms with Gasteiger partial charge in [-0.2, -0.15) is 0 Å². The van der Waals surface area contributed by atoms with E-state index in [1.165, 1.54) is 73.6 Å². The molecule has 0 spiro atoms. The van der Waals surface area contributed by atoms with E-state index in [0.717, 1.165) is 24.7 Å². The lowest BCUT2D eigenvalue weighted by Crippen LogP contribution is -2.09. The van der Waals surface area contributed by atoms with Gasteiger partial charge in [-0.25, -0.2) is 0 Å². The topological polar surface area (TPSA) is 0 Å². The average Bonchev–Trinajstić information content (AvgIpc) is 2.70. The molecule has 0 N–H and O–H groups in total. The summed E-state index contributed by atoms with van der Waals surface area (Å²) >= 11 is 0. The molecule has 1 aromatic rings. The van der Waals surface area contributed by atoms with Gasteiger partial charge in [0.25, 0.3) is 0 Å². The van der Waals surface area contributed by atoms with E-state index in [0.29, 0.717) is 0 Å². The van der Waals surface area contributed by atoms with Gasteiger partial charge in [-0.05, 0) is 61.8 Å². The first kappa shape index (κ1) is 24.4. The molecule has 0 amide bonds. The minimum atomic E-state index is 0.749. The summed E-state index contributed by atoms with van der Waals surface area (Å²) in [5.74, 6) is 14.6. The van der Waals surface area contributed by atoms with Crippen molar-refractivity contribution in [2.75, 3.05) is 0 Å². The van der Waals surface area contributed by atoms with Crippen LogP contribution < -0.4 is 0 Å². The van der Waals surface area contributed by atoms with Crippen molar-refractivity contribution in [3.05, 3.63) is 34.4 Å². The van der Waals surface area contributed by atoms with E-state index in [4.69, 9.17) is 0 Å². The van der Waals surface area contributed by atoms with Crippen molar-refractivity contribution < 1.29 is 0 Å². The highest BCUT2D eigenvalue weighted by Gasteiger charge is 2.15. The minimum absolute atomic E-state index is 0.749. The monoisotopic (exact) mass is 378 g/mol. The van der Waals surface area contributed by atoms with Crippen LogP contribution in [0.3, 0.4) is 0 Å². The fourth-order valence-electron chi connectivity index (χ4n) is 4.04. The molecule has 28 heavy (non-hydrogen) atoms. The van der Waals surface area contributed by atoms with Crippen molar-refractivity contribution in [2.24, 2.45) is 11.8 Å². The summed E-state index contributed by atoms with van der Waals surface area (Å²) in [4.78, 5) is 0. The summed E-state index contributed by atoms with van der Waals surface area (Å²) in [5, 5.41) is 0. The normalized spacial score (nSPS) is 12.5. The fraction of sp³-hybridized carbons (Fsp3) is 0.643. The van der Waals surface area contributed by atoms with Crippen molar-refractivity contribution in [3.63, 3.8) is 0 Å². The van der Waals surface area contributed by atoms with Crippen LogP contribution >= 0.6 is 0 Å². The Kier molecular flexibility index (Phi) is 12.5. The van der Waals surface area contributed by atoms with Gasteiger partial charge in [-0.1, -0.05) is 90.9 Å². The molecule has 154 valence electrons. The standard InChI is InChI=1S/C28H42/c1-7-13-17-23(11-5)19-27-21-26(16-10-4)28(22-25(27)15-9-3)20-24(12-6)18-14-8-2/h21-24H,7-8,11-14,17-20H2,1-6H3/t23-,24-/m0/s1. The fourth-order valence-corrected chi connectivity index (χ4v) is 4.04. The zero-order chi connectivity index (χ0) is 20.8. The number of unbranched alkanes of at least 4 members (excludes halogenated alkanes) is 2. The molecule has 0 heterocycles. The van der Waals surface area contributed by atoms with E-state index >= 15 is 0 Å². The van der Waals surface area contributed by atoms with E-state index in [1.807, 2.05) is 13.8 Å². The molecule has 0 saturated carbocycles. The third-order valence-electron chi connectivity index (χ3n) is 5.95. The van der Waals surface area contributed by atoms with Crippen LogP contribution in [0.1, 0.15) is 115 Å². The third kappa shape index (κ3) is 8.15. The molecule has 0 aromatic heterocycles. The molecule has 0 bridgehead atoms. The van der Waals surface area contributed by atoms with Crippen molar-refractivity contribution in [1.29, 1.82) is 0 Å².